The maximum Gasteiger partial charge on any atom is 0.313 e. The molecule has 0 aliphatic rings. The lowest BCUT2D eigenvalue weighted by Crippen LogP contribution is -2.37. The van der Waals surface area contributed by atoms with Gasteiger partial charge in [0.15, 0.2) is 11.5 Å². The molecule has 6 nitrogen and oxygen atoms in total. The van der Waals surface area contributed by atoms with Crippen LogP contribution < -0.4 is 20.1 Å². The molecule has 0 saturated heterocycles. The highest BCUT2D eigenvalue weighted by molar-refractivity contribution is 6.39. The fourth-order valence-electron chi connectivity index (χ4n) is 2.16. The number of nitrogens with one attached hydrogen (secondary N) is 2. The van der Waals surface area contributed by atoms with Crippen LogP contribution in [0.3, 0.4) is 0 Å². The van der Waals surface area contributed by atoms with E-state index in [1.165, 1.54) is 0 Å². The van der Waals surface area contributed by atoms with Crippen LogP contribution in [0.5, 0.6) is 11.5 Å². The highest BCUT2D eigenvalue weighted by Crippen LogP contribution is 2.25. The predicted molar refractivity (Wildman–Crippen MR) is 95.9 cm³/mol. The smallest absolute Gasteiger partial charge is 0.313 e. The molecule has 132 valence electrons. The zero-order valence-corrected chi connectivity index (χ0v) is 14.4. The molecule has 2 rings (SSSR count). The van der Waals surface area contributed by atoms with Crippen molar-refractivity contribution < 1.29 is 19.1 Å². The summed E-state index contributed by atoms with van der Waals surface area (Å²) in [5, 5.41) is 5.07. The average molecular weight is 342 g/mol. The van der Waals surface area contributed by atoms with Crippen molar-refractivity contribution in [1.82, 2.24) is 5.32 Å². The molecule has 25 heavy (non-hydrogen) atoms. The number of rotatable bonds is 7. The summed E-state index contributed by atoms with van der Waals surface area (Å²) in [5.74, 6) is -0.216. The first-order chi connectivity index (χ1) is 12.1. The number of anilines is 1. The molecule has 0 heterocycles. The maximum absolute atomic E-state index is 11.8. The second-order valence-corrected chi connectivity index (χ2v) is 5.26. The van der Waals surface area contributed by atoms with Gasteiger partial charge in [-0.2, -0.15) is 0 Å². The Hall–Kier alpha value is -3.02. The Morgan fingerprint density at radius 3 is 2.28 bits per heavy atom. The summed E-state index contributed by atoms with van der Waals surface area (Å²) >= 11 is 0. The van der Waals surface area contributed by atoms with Gasteiger partial charge < -0.3 is 20.1 Å². The van der Waals surface area contributed by atoms with Crippen LogP contribution in [0.2, 0.25) is 0 Å². The monoisotopic (exact) mass is 342 g/mol. The zero-order chi connectivity index (χ0) is 18.1. The first-order valence-corrected chi connectivity index (χ1v) is 8.08. The Morgan fingerprint density at radius 2 is 1.64 bits per heavy atom. The number of carbonyl (C=O) groups excluding carboxylic acids is 2. The van der Waals surface area contributed by atoms with Crippen LogP contribution in [0.25, 0.3) is 0 Å². The summed E-state index contributed by atoms with van der Waals surface area (Å²) < 4.78 is 10.7. The largest absolute Gasteiger partial charge is 0.493 e. The van der Waals surface area contributed by atoms with Gasteiger partial charge in [-0.1, -0.05) is 31.2 Å². The minimum absolute atomic E-state index is 0.207. The number of hydrogen-bond acceptors (Lipinski definition) is 4. The van der Waals surface area contributed by atoms with Crippen LogP contribution in [-0.2, 0) is 16.0 Å². The van der Waals surface area contributed by atoms with Gasteiger partial charge in [-0.25, -0.2) is 0 Å². The summed E-state index contributed by atoms with van der Waals surface area (Å²) in [6.45, 7) is 2.48. The fraction of sp³-hybridized carbons (Fsp3) is 0.263. The maximum atomic E-state index is 11.8. The first kappa shape index (κ1) is 18.3. The van der Waals surface area contributed by atoms with Gasteiger partial charge in [0, 0.05) is 5.69 Å². The molecule has 0 fully saturated rings. The van der Waals surface area contributed by atoms with Gasteiger partial charge in [0.2, 0.25) is 0 Å². The summed E-state index contributed by atoms with van der Waals surface area (Å²) in [4.78, 5) is 23.6. The molecule has 2 aromatic rings. The van der Waals surface area contributed by atoms with Crippen molar-refractivity contribution in [3.8, 4) is 11.5 Å². The Bertz CT molecular complexity index is 714. The van der Waals surface area contributed by atoms with Gasteiger partial charge in [0.1, 0.15) is 6.61 Å². The molecule has 2 N–H and O–H groups in total. The highest BCUT2D eigenvalue weighted by Gasteiger charge is 2.13. The standard InChI is InChI=1S/C19H22N2O4/c1-3-14-8-10-15(11-9-14)21-19(23)18(22)20-12-13-25-17-7-5-4-6-16(17)24-2/h4-11H,3,12-13H2,1-2H3,(H,20,22)(H,21,23). The minimum atomic E-state index is -0.707. The second kappa shape index (κ2) is 9.32. The molecule has 2 amide bonds. The molecule has 2 aromatic carbocycles. The Balaban J connectivity index is 1.74. The van der Waals surface area contributed by atoms with Crippen LogP contribution in [0.1, 0.15) is 12.5 Å². The molecule has 0 bridgehead atoms. The Morgan fingerprint density at radius 1 is 0.960 bits per heavy atom. The summed E-state index contributed by atoms with van der Waals surface area (Å²) in [5.41, 5.74) is 1.75. The number of para-hydroxylation sites is 2. The van der Waals surface area contributed by atoms with Gasteiger partial charge in [-0.05, 0) is 36.2 Å². The van der Waals surface area contributed by atoms with Crippen molar-refractivity contribution in [2.45, 2.75) is 13.3 Å². The molecule has 0 radical (unpaired) electrons. The van der Waals surface area contributed by atoms with Crippen LogP contribution >= 0.6 is 0 Å². The van der Waals surface area contributed by atoms with Crippen molar-refractivity contribution >= 4 is 17.5 Å². The first-order valence-electron chi connectivity index (χ1n) is 8.08. The van der Waals surface area contributed by atoms with E-state index in [4.69, 9.17) is 9.47 Å². The number of ether oxygens (including phenoxy) is 2. The van der Waals surface area contributed by atoms with E-state index < -0.39 is 11.8 Å². The Labute approximate surface area is 147 Å². The van der Waals surface area contributed by atoms with E-state index >= 15 is 0 Å². The third-order valence-corrected chi connectivity index (χ3v) is 3.54. The molecule has 0 aliphatic carbocycles. The Kier molecular flexibility index (Phi) is 6.83. The third-order valence-electron chi connectivity index (χ3n) is 3.54. The molecular formula is C19H22N2O4. The van der Waals surface area contributed by atoms with Crippen LogP contribution in [0.15, 0.2) is 48.5 Å². The number of aryl methyl sites for hydroxylation is 1. The van der Waals surface area contributed by atoms with E-state index in [9.17, 15) is 9.59 Å². The minimum Gasteiger partial charge on any atom is -0.493 e. The predicted octanol–water partition coefficient (Wildman–Crippen LogP) is 2.39. The lowest BCUT2D eigenvalue weighted by molar-refractivity contribution is -0.136. The fourth-order valence-corrected chi connectivity index (χ4v) is 2.16. The van der Waals surface area contributed by atoms with E-state index in [1.807, 2.05) is 31.2 Å². The number of methoxy groups -OCH3 is 1. The van der Waals surface area contributed by atoms with E-state index in [2.05, 4.69) is 10.6 Å². The van der Waals surface area contributed by atoms with E-state index in [-0.39, 0.29) is 13.2 Å². The number of amides is 2. The highest BCUT2D eigenvalue weighted by atomic mass is 16.5. The van der Waals surface area contributed by atoms with Gasteiger partial charge in [0.25, 0.3) is 0 Å². The van der Waals surface area contributed by atoms with Crippen LogP contribution in [-0.4, -0.2) is 32.1 Å². The lowest BCUT2D eigenvalue weighted by atomic mass is 10.1. The molecule has 0 unspecified atom stereocenters. The van der Waals surface area contributed by atoms with E-state index in [0.717, 1.165) is 12.0 Å². The van der Waals surface area contributed by atoms with Crippen LogP contribution in [0.4, 0.5) is 5.69 Å². The van der Waals surface area contributed by atoms with E-state index in [0.29, 0.717) is 17.2 Å². The lowest BCUT2D eigenvalue weighted by Gasteiger charge is -2.11. The van der Waals surface area contributed by atoms with Gasteiger partial charge in [-0.15, -0.1) is 0 Å². The molecule has 0 aliphatic heterocycles. The number of benzene rings is 2. The third kappa shape index (κ3) is 5.53. The molecule has 0 saturated carbocycles. The van der Waals surface area contributed by atoms with E-state index in [1.54, 1.807) is 31.4 Å². The zero-order valence-electron chi connectivity index (χ0n) is 14.4. The molecule has 0 atom stereocenters. The summed E-state index contributed by atoms with van der Waals surface area (Å²) in [6.07, 6.45) is 0.918. The second-order valence-electron chi connectivity index (χ2n) is 5.26. The topological polar surface area (TPSA) is 76.7 Å². The quantitative estimate of drug-likeness (QED) is 0.598. The summed E-state index contributed by atoms with van der Waals surface area (Å²) in [7, 11) is 1.56. The molecule has 0 spiro atoms. The van der Waals surface area contributed by atoms with Crippen molar-refractivity contribution in [3.05, 3.63) is 54.1 Å². The normalized spacial score (nSPS) is 10.0. The summed E-state index contributed by atoms with van der Waals surface area (Å²) in [6, 6.07) is 14.6. The van der Waals surface area contributed by atoms with Crippen molar-refractivity contribution in [2.75, 3.05) is 25.6 Å². The van der Waals surface area contributed by atoms with Crippen molar-refractivity contribution in [1.29, 1.82) is 0 Å². The van der Waals surface area contributed by atoms with Gasteiger partial charge >= 0.3 is 11.8 Å². The van der Waals surface area contributed by atoms with Crippen molar-refractivity contribution in [2.24, 2.45) is 0 Å². The number of carbonyl (C=O) groups is 2. The average Bonchev–Trinajstić information content (AvgIpc) is 2.65. The number of hydrogen-bond donors (Lipinski definition) is 2. The van der Waals surface area contributed by atoms with Gasteiger partial charge in [0.05, 0.1) is 13.7 Å². The molecule has 6 heteroatoms. The molecule has 0 aromatic heterocycles. The molecular weight excluding hydrogens is 320 g/mol. The van der Waals surface area contributed by atoms with Crippen LogP contribution in [0, 0.1) is 0 Å². The van der Waals surface area contributed by atoms with Gasteiger partial charge in [-0.3, -0.25) is 9.59 Å². The SMILES string of the molecule is CCc1ccc(NC(=O)C(=O)NCCOc2ccccc2OC)cc1. The van der Waals surface area contributed by atoms with Crippen molar-refractivity contribution in [3.63, 3.8) is 0 Å².